The van der Waals surface area contributed by atoms with Gasteiger partial charge in [0.25, 0.3) is 5.91 Å². The molecule has 0 spiro atoms. The van der Waals surface area contributed by atoms with Gasteiger partial charge in [-0.2, -0.15) is 4.31 Å². The largest absolute Gasteiger partial charge is 0.302 e. The molecule has 0 saturated carbocycles. The average Bonchev–Trinajstić information content (AvgIpc) is 3.34. The molecule has 3 aromatic rings. The lowest BCUT2D eigenvalue weighted by atomic mass is 10.1. The number of amides is 1. The lowest BCUT2D eigenvalue weighted by Gasteiger charge is -2.32. The van der Waals surface area contributed by atoms with Gasteiger partial charge in [-0.3, -0.25) is 9.69 Å². The molecule has 200 valence electrons. The van der Waals surface area contributed by atoms with E-state index in [1.807, 2.05) is 25.3 Å². The smallest absolute Gasteiger partial charge is 0.260 e. The van der Waals surface area contributed by atoms with Crippen molar-refractivity contribution in [2.75, 3.05) is 43.9 Å². The number of rotatable bonds is 10. The highest BCUT2D eigenvalue weighted by Gasteiger charge is 2.31. The van der Waals surface area contributed by atoms with Crippen LogP contribution in [0.4, 0.5) is 5.13 Å². The van der Waals surface area contributed by atoms with Gasteiger partial charge in [-0.15, -0.1) is 11.8 Å². The van der Waals surface area contributed by atoms with E-state index >= 15 is 0 Å². The maximum absolute atomic E-state index is 13.8. The van der Waals surface area contributed by atoms with Crippen LogP contribution in [0.5, 0.6) is 0 Å². The fourth-order valence-electron chi connectivity index (χ4n) is 4.69. The molecule has 2 heterocycles. The maximum Gasteiger partial charge on any atom is 0.260 e. The van der Waals surface area contributed by atoms with E-state index < -0.39 is 10.0 Å². The molecule has 1 aliphatic rings. The van der Waals surface area contributed by atoms with Crippen molar-refractivity contribution in [2.45, 2.75) is 55.9 Å². The van der Waals surface area contributed by atoms with E-state index in [2.05, 4.69) is 24.8 Å². The molecule has 1 unspecified atom stereocenters. The minimum absolute atomic E-state index is 0.0127. The summed E-state index contributed by atoms with van der Waals surface area (Å²) in [5.74, 6) is -0.174. The third-order valence-corrected chi connectivity index (χ3v) is 10.8. The van der Waals surface area contributed by atoms with E-state index in [-0.39, 0.29) is 16.8 Å². The van der Waals surface area contributed by atoms with Crippen molar-refractivity contribution in [3.05, 3.63) is 48.0 Å². The van der Waals surface area contributed by atoms with Gasteiger partial charge in [0.1, 0.15) is 0 Å². The molecule has 0 N–H and O–H groups in total. The van der Waals surface area contributed by atoms with Crippen LogP contribution in [0.3, 0.4) is 0 Å². The number of thioether (sulfide) groups is 1. The molecule has 1 aliphatic heterocycles. The number of hydrogen-bond donors (Lipinski definition) is 0. The van der Waals surface area contributed by atoms with Crippen molar-refractivity contribution in [1.82, 2.24) is 14.2 Å². The normalized spacial score (nSPS) is 16.9. The van der Waals surface area contributed by atoms with Crippen molar-refractivity contribution in [3.63, 3.8) is 0 Å². The van der Waals surface area contributed by atoms with Crippen molar-refractivity contribution < 1.29 is 13.2 Å². The zero-order chi connectivity index (χ0) is 26.6. The van der Waals surface area contributed by atoms with Crippen molar-refractivity contribution >= 4 is 54.4 Å². The van der Waals surface area contributed by atoms with Crippen molar-refractivity contribution in [3.8, 4) is 0 Å². The monoisotopic (exact) mass is 560 g/mol. The molecular weight excluding hydrogens is 525 g/mol. The Morgan fingerprint density at radius 2 is 1.84 bits per heavy atom. The quantitative estimate of drug-likeness (QED) is 0.302. The summed E-state index contributed by atoms with van der Waals surface area (Å²) < 4.78 is 29.1. The molecular formula is C27H36N4O3S3. The van der Waals surface area contributed by atoms with Crippen LogP contribution in [0.1, 0.15) is 50.4 Å². The number of carbonyl (C=O) groups excluding carboxylic acids is 1. The highest BCUT2D eigenvalue weighted by atomic mass is 32.2. The highest BCUT2D eigenvalue weighted by molar-refractivity contribution is 7.98. The Balaban J connectivity index is 1.62. The molecule has 37 heavy (non-hydrogen) atoms. The second-order valence-electron chi connectivity index (χ2n) is 9.30. The van der Waals surface area contributed by atoms with Crippen LogP contribution < -0.4 is 4.90 Å². The molecule has 1 saturated heterocycles. The Hall–Kier alpha value is -1.98. The summed E-state index contributed by atoms with van der Waals surface area (Å²) in [6.45, 7) is 9.75. The van der Waals surface area contributed by atoms with E-state index in [0.29, 0.717) is 23.8 Å². The van der Waals surface area contributed by atoms with Gasteiger partial charge in [0, 0.05) is 36.1 Å². The van der Waals surface area contributed by atoms with Gasteiger partial charge in [-0.1, -0.05) is 31.6 Å². The molecule has 10 heteroatoms. The zero-order valence-corrected chi connectivity index (χ0v) is 24.5. The summed E-state index contributed by atoms with van der Waals surface area (Å²) in [5.41, 5.74) is 1.32. The van der Waals surface area contributed by atoms with E-state index in [4.69, 9.17) is 4.98 Å². The van der Waals surface area contributed by atoms with E-state index in [9.17, 15) is 13.2 Å². The number of likely N-dealkylation sites (N-methyl/N-ethyl adjacent to an activating group) is 1. The Kier molecular flexibility index (Phi) is 9.29. The van der Waals surface area contributed by atoms with Gasteiger partial charge in [0.2, 0.25) is 10.0 Å². The second-order valence-corrected chi connectivity index (χ2v) is 13.1. The number of fused-ring (bicyclic) bond motifs is 1. The number of aromatic nitrogens is 1. The first-order valence-electron chi connectivity index (χ1n) is 12.9. The average molecular weight is 561 g/mol. The summed E-state index contributed by atoms with van der Waals surface area (Å²) in [6.07, 6.45) is 4.84. The lowest BCUT2D eigenvalue weighted by Crippen LogP contribution is -2.42. The van der Waals surface area contributed by atoms with Crippen molar-refractivity contribution in [1.29, 1.82) is 0 Å². The fourth-order valence-corrected chi connectivity index (χ4v) is 7.93. The number of benzene rings is 2. The molecule has 0 radical (unpaired) electrons. The molecule has 1 fully saturated rings. The minimum atomic E-state index is -3.59. The molecule has 0 aliphatic carbocycles. The van der Waals surface area contributed by atoms with Crippen LogP contribution >= 0.6 is 23.1 Å². The first kappa shape index (κ1) is 28.0. The number of thiazole rings is 1. The van der Waals surface area contributed by atoms with Crippen LogP contribution in [-0.2, 0) is 10.0 Å². The van der Waals surface area contributed by atoms with E-state index in [1.165, 1.54) is 11.3 Å². The zero-order valence-electron chi connectivity index (χ0n) is 22.0. The summed E-state index contributed by atoms with van der Waals surface area (Å²) in [4.78, 5) is 23.9. The van der Waals surface area contributed by atoms with Crippen LogP contribution in [0.2, 0.25) is 0 Å². The summed E-state index contributed by atoms with van der Waals surface area (Å²) in [6, 6.07) is 12.5. The van der Waals surface area contributed by atoms with E-state index in [0.717, 1.165) is 54.0 Å². The van der Waals surface area contributed by atoms with Crippen LogP contribution in [0.25, 0.3) is 10.2 Å². The fraction of sp³-hybridized carbons (Fsp3) is 0.481. The summed E-state index contributed by atoms with van der Waals surface area (Å²) >= 11 is 3.19. The standard InChI is InChI=1S/C27H36N4O3S3/c1-5-29(6-2)17-18-30(27-28-24-15-12-22(35-4)19-25(24)36-27)26(32)21-10-13-23(14-11-21)37(33,34)31-16-8-7-9-20(31)3/h10-15,19-20H,5-9,16-18H2,1-4H3. The topological polar surface area (TPSA) is 73.8 Å². The predicted octanol–water partition coefficient (Wildman–Crippen LogP) is 5.57. The molecule has 4 rings (SSSR count). The van der Waals surface area contributed by atoms with Gasteiger partial charge >= 0.3 is 0 Å². The predicted molar refractivity (Wildman–Crippen MR) is 155 cm³/mol. The summed E-state index contributed by atoms with van der Waals surface area (Å²) in [5, 5.41) is 0.657. The molecule has 1 aromatic heterocycles. The number of nitrogens with zero attached hydrogens (tertiary/aromatic N) is 4. The minimum Gasteiger partial charge on any atom is -0.302 e. The SMILES string of the molecule is CCN(CC)CCN(C(=O)c1ccc(S(=O)(=O)N2CCCCC2C)cc1)c1nc2ccc(SC)cc2s1. The van der Waals surface area contributed by atoms with Crippen LogP contribution in [-0.4, -0.2) is 73.5 Å². The van der Waals surface area contributed by atoms with Crippen molar-refractivity contribution in [2.24, 2.45) is 0 Å². The van der Waals surface area contributed by atoms with Gasteiger partial charge in [-0.05, 0) is 81.6 Å². The first-order chi connectivity index (χ1) is 17.8. The number of hydrogen-bond acceptors (Lipinski definition) is 7. The van der Waals surface area contributed by atoms with Crippen LogP contribution in [0, 0.1) is 0 Å². The molecule has 1 amide bonds. The third-order valence-electron chi connectivity index (χ3n) is 7.04. The van der Waals surface area contributed by atoms with Crippen LogP contribution in [0.15, 0.2) is 52.3 Å². The number of piperidine rings is 1. The number of sulfonamides is 1. The van der Waals surface area contributed by atoms with Gasteiger partial charge in [0.15, 0.2) is 5.13 Å². The Labute approximate surface area is 228 Å². The molecule has 7 nitrogen and oxygen atoms in total. The highest BCUT2D eigenvalue weighted by Crippen LogP contribution is 2.32. The van der Waals surface area contributed by atoms with E-state index in [1.54, 1.807) is 45.2 Å². The third kappa shape index (κ3) is 6.20. The maximum atomic E-state index is 13.8. The Bertz CT molecular complexity index is 1320. The lowest BCUT2D eigenvalue weighted by molar-refractivity contribution is 0.0983. The van der Waals surface area contributed by atoms with Gasteiger partial charge in [0.05, 0.1) is 15.1 Å². The van der Waals surface area contributed by atoms with Gasteiger partial charge < -0.3 is 4.90 Å². The first-order valence-corrected chi connectivity index (χ1v) is 16.4. The molecule has 1 atom stereocenters. The Morgan fingerprint density at radius 1 is 1.11 bits per heavy atom. The molecule has 0 bridgehead atoms. The molecule has 2 aromatic carbocycles. The Morgan fingerprint density at radius 3 is 2.49 bits per heavy atom. The second kappa shape index (κ2) is 12.3. The number of carbonyl (C=O) groups is 1. The number of anilines is 1. The summed E-state index contributed by atoms with van der Waals surface area (Å²) in [7, 11) is -3.59. The van der Waals surface area contributed by atoms with Gasteiger partial charge in [-0.25, -0.2) is 13.4 Å².